The first-order valence-electron chi connectivity index (χ1n) is 6.20. The van der Waals surface area contributed by atoms with Crippen LogP contribution >= 0.6 is 0 Å². The van der Waals surface area contributed by atoms with Gasteiger partial charge in [0.2, 0.25) is 0 Å². The summed E-state index contributed by atoms with van der Waals surface area (Å²) in [5.74, 6) is 0.622. The summed E-state index contributed by atoms with van der Waals surface area (Å²) in [6, 6.07) is 2.18. The van der Waals surface area contributed by atoms with Crippen molar-refractivity contribution >= 4 is 17.6 Å². The van der Waals surface area contributed by atoms with E-state index in [1.54, 1.807) is 0 Å². The van der Waals surface area contributed by atoms with Gasteiger partial charge in [-0.25, -0.2) is 9.97 Å². The average Bonchev–Trinajstić information content (AvgIpc) is 2.23. The highest BCUT2D eigenvalue weighted by atomic mass is 16.4. The zero-order valence-electron chi connectivity index (χ0n) is 10.4. The van der Waals surface area contributed by atoms with E-state index in [1.807, 2.05) is 13.0 Å². The molecule has 98 valence electrons. The van der Waals surface area contributed by atoms with Crippen molar-refractivity contribution in [3.63, 3.8) is 0 Å². The minimum Gasteiger partial charge on any atom is -0.481 e. The molecule has 1 aliphatic rings. The van der Waals surface area contributed by atoms with Crippen LogP contribution in [-0.4, -0.2) is 33.1 Å². The Labute approximate surface area is 106 Å². The topological polar surface area (TPSA) is 87.1 Å². The molecule has 1 aliphatic carbocycles. The van der Waals surface area contributed by atoms with Gasteiger partial charge < -0.3 is 15.7 Å². The molecule has 0 amide bonds. The van der Waals surface area contributed by atoms with Crippen LogP contribution in [0.25, 0.3) is 0 Å². The van der Waals surface area contributed by atoms with Crippen molar-refractivity contribution in [1.29, 1.82) is 0 Å². The number of rotatable bonds is 6. The Morgan fingerprint density at radius 3 is 2.83 bits per heavy atom. The molecule has 1 fully saturated rings. The second-order valence-corrected chi connectivity index (χ2v) is 4.70. The molecular formula is C12H18N4O2. The number of anilines is 2. The zero-order chi connectivity index (χ0) is 13.0. The molecule has 1 aromatic rings. The van der Waals surface area contributed by atoms with Gasteiger partial charge >= 0.3 is 5.97 Å². The van der Waals surface area contributed by atoms with E-state index >= 15 is 0 Å². The van der Waals surface area contributed by atoms with Gasteiger partial charge in [0.15, 0.2) is 0 Å². The van der Waals surface area contributed by atoms with Crippen LogP contribution in [0.15, 0.2) is 12.4 Å². The molecular weight excluding hydrogens is 232 g/mol. The minimum absolute atomic E-state index is 0.0649. The molecule has 0 spiro atoms. The summed E-state index contributed by atoms with van der Waals surface area (Å²) in [5, 5.41) is 15.1. The smallest absolute Gasteiger partial charge is 0.305 e. The van der Waals surface area contributed by atoms with Crippen LogP contribution in [0.5, 0.6) is 0 Å². The molecule has 1 heterocycles. The maximum atomic E-state index is 10.6. The molecule has 0 aromatic carbocycles. The quantitative estimate of drug-likeness (QED) is 0.712. The summed E-state index contributed by atoms with van der Waals surface area (Å²) in [6.07, 6.45) is 5.18. The van der Waals surface area contributed by atoms with E-state index in [0.29, 0.717) is 11.9 Å². The molecule has 2 rings (SSSR count). The number of carboxylic acids is 1. The van der Waals surface area contributed by atoms with Crippen molar-refractivity contribution in [2.24, 2.45) is 0 Å². The molecule has 18 heavy (non-hydrogen) atoms. The molecule has 0 aliphatic heterocycles. The second-order valence-electron chi connectivity index (χ2n) is 4.70. The van der Waals surface area contributed by atoms with Crippen LogP contribution in [0.3, 0.4) is 0 Å². The summed E-state index contributed by atoms with van der Waals surface area (Å²) < 4.78 is 0. The van der Waals surface area contributed by atoms with Crippen LogP contribution in [0.1, 0.15) is 32.6 Å². The van der Waals surface area contributed by atoms with E-state index in [1.165, 1.54) is 25.6 Å². The number of hydrogen-bond acceptors (Lipinski definition) is 5. The highest BCUT2D eigenvalue weighted by molar-refractivity contribution is 5.68. The third kappa shape index (κ3) is 3.58. The lowest BCUT2D eigenvalue weighted by molar-refractivity contribution is -0.137. The van der Waals surface area contributed by atoms with E-state index < -0.39 is 5.97 Å². The SMILES string of the molecule is CC(CC(=O)O)Nc1cc(NC2CCC2)ncn1. The number of aliphatic carboxylic acids is 1. The Hall–Kier alpha value is -1.85. The Bertz CT molecular complexity index is 420. The monoisotopic (exact) mass is 250 g/mol. The second kappa shape index (κ2) is 5.66. The largest absolute Gasteiger partial charge is 0.481 e. The van der Waals surface area contributed by atoms with E-state index in [9.17, 15) is 4.79 Å². The van der Waals surface area contributed by atoms with Gasteiger partial charge in [0.25, 0.3) is 0 Å². The van der Waals surface area contributed by atoms with E-state index in [2.05, 4.69) is 20.6 Å². The maximum absolute atomic E-state index is 10.6. The normalized spacial score (nSPS) is 16.7. The van der Waals surface area contributed by atoms with Gasteiger partial charge in [-0.3, -0.25) is 4.79 Å². The van der Waals surface area contributed by atoms with Gasteiger partial charge in [0.1, 0.15) is 18.0 Å². The summed E-state index contributed by atoms with van der Waals surface area (Å²) in [7, 11) is 0. The molecule has 0 bridgehead atoms. The molecule has 6 heteroatoms. The summed E-state index contributed by atoms with van der Waals surface area (Å²) in [4.78, 5) is 18.8. The van der Waals surface area contributed by atoms with Gasteiger partial charge in [-0.15, -0.1) is 0 Å². The predicted octanol–water partition coefficient (Wildman–Crippen LogP) is 1.72. The Morgan fingerprint density at radius 2 is 2.22 bits per heavy atom. The van der Waals surface area contributed by atoms with Crippen LogP contribution in [-0.2, 0) is 4.79 Å². The van der Waals surface area contributed by atoms with E-state index in [4.69, 9.17) is 5.11 Å². The van der Waals surface area contributed by atoms with Gasteiger partial charge in [0, 0.05) is 18.2 Å². The minimum atomic E-state index is -0.822. The molecule has 1 atom stereocenters. The van der Waals surface area contributed by atoms with Gasteiger partial charge in [-0.05, 0) is 26.2 Å². The van der Waals surface area contributed by atoms with Crippen LogP contribution in [0, 0.1) is 0 Å². The summed E-state index contributed by atoms with van der Waals surface area (Å²) in [5.41, 5.74) is 0. The molecule has 1 saturated carbocycles. The van der Waals surface area contributed by atoms with E-state index in [-0.39, 0.29) is 12.5 Å². The van der Waals surface area contributed by atoms with Crippen molar-refractivity contribution in [3.8, 4) is 0 Å². The van der Waals surface area contributed by atoms with Crippen LogP contribution < -0.4 is 10.6 Å². The summed E-state index contributed by atoms with van der Waals surface area (Å²) in [6.45, 7) is 1.81. The number of hydrogen-bond donors (Lipinski definition) is 3. The highest BCUT2D eigenvalue weighted by Gasteiger charge is 2.17. The average molecular weight is 250 g/mol. The third-order valence-electron chi connectivity index (χ3n) is 3.00. The molecule has 1 unspecified atom stereocenters. The zero-order valence-corrected chi connectivity index (χ0v) is 10.4. The first-order valence-corrected chi connectivity index (χ1v) is 6.20. The number of carboxylic acid groups (broad SMARTS) is 1. The lowest BCUT2D eigenvalue weighted by Gasteiger charge is -2.27. The number of carbonyl (C=O) groups is 1. The van der Waals surface area contributed by atoms with Crippen molar-refractivity contribution in [2.75, 3.05) is 10.6 Å². The van der Waals surface area contributed by atoms with E-state index in [0.717, 1.165) is 5.82 Å². The standard InChI is InChI=1S/C12H18N4O2/c1-8(5-12(17)18)15-10-6-11(14-7-13-10)16-9-3-2-4-9/h6-9H,2-5H2,1H3,(H,17,18)(H2,13,14,15,16). The highest BCUT2D eigenvalue weighted by Crippen LogP contribution is 2.22. The Morgan fingerprint density at radius 1 is 1.50 bits per heavy atom. The van der Waals surface area contributed by atoms with Crippen molar-refractivity contribution in [3.05, 3.63) is 12.4 Å². The van der Waals surface area contributed by atoms with Crippen LogP contribution in [0.2, 0.25) is 0 Å². The van der Waals surface area contributed by atoms with Crippen LogP contribution in [0.4, 0.5) is 11.6 Å². The van der Waals surface area contributed by atoms with Gasteiger partial charge in [-0.1, -0.05) is 0 Å². The Kier molecular flexibility index (Phi) is 3.96. The lowest BCUT2D eigenvalue weighted by atomic mass is 9.93. The molecule has 0 saturated heterocycles. The maximum Gasteiger partial charge on any atom is 0.305 e. The fourth-order valence-electron chi connectivity index (χ4n) is 1.84. The number of nitrogens with one attached hydrogen (secondary N) is 2. The van der Waals surface area contributed by atoms with Crippen molar-refractivity contribution in [2.45, 2.75) is 44.7 Å². The molecule has 0 radical (unpaired) electrons. The first-order chi connectivity index (χ1) is 8.63. The van der Waals surface area contributed by atoms with Gasteiger partial charge in [0.05, 0.1) is 6.42 Å². The lowest BCUT2D eigenvalue weighted by Crippen LogP contribution is -2.27. The Balaban J connectivity index is 1.91. The molecule has 1 aromatic heterocycles. The van der Waals surface area contributed by atoms with Crippen molar-refractivity contribution < 1.29 is 9.90 Å². The number of aromatic nitrogens is 2. The predicted molar refractivity (Wildman–Crippen MR) is 68.6 cm³/mol. The summed E-state index contributed by atoms with van der Waals surface area (Å²) >= 11 is 0. The fourth-order valence-corrected chi connectivity index (χ4v) is 1.84. The third-order valence-corrected chi connectivity index (χ3v) is 3.00. The first kappa shape index (κ1) is 12.6. The number of nitrogens with zero attached hydrogens (tertiary/aromatic N) is 2. The van der Waals surface area contributed by atoms with Crippen molar-refractivity contribution in [1.82, 2.24) is 9.97 Å². The fraction of sp³-hybridized carbons (Fsp3) is 0.583. The molecule has 6 nitrogen and oxygen atoms in total. The van der Waals surface area contributed by atoms with Gasteiger partial charge in [-0.2, -0.15) is 0 Å². The molecule has 3 N–H and O–H groups in total.